The topological polar surface area (TPSA) is 270 Å². The van der Waals surface area contributed by atoms with E-state index in [0.717, 1.165) is 17.7 Å². The Hall–Kier alpha value is -7.69. The van der Waals surface area contributed by atoms with Gasteiger partial charge in [0.2, 0.25) is 26.1 Å². The summed E-state index contributed by atoms with van der Waals surface area (Å²) in [6.07, 6.45) is 11.3. The van der Waals surface area contributed by atoms with Crippen molar-refractivity contribution >= 4 is 43.5 Å². The standard InChI is InChI=1S/C25H25FN6O3S.C16H12FN3O.C9H13N3O2S/c1-16(2)22-9-19(26)10-23(18-5-7-29-20(8-18)11-27)24(22)30-25(33)31-36(34,35)21-14-32(15-21)13-17-4-3-6-28-12-17;1-10(2)14-6-12(17)7-15(16(14)20-9-21)11-3-4-19-13(5-11)8-18;10-15(13,14)9-6-12(7-9)5-8-2-1-3-11-4-8/h3-10,12,16,21H,13-15H2,1-2H3,(H2,30,31,33);3-7,10H,1-2H3;1-4,9H,5-7H2,(H2,10,13,14). The van der Waals surface area contributed by atoms with Crippen LogP contribution in [0.4, 0.5) is 25.0 Å². The zero-order valence-electron chi connectivity index (χ0n) is 39.6. The van der Waals surface area contributed by atoms with E-state index in [-0.39, 0.29) is 42.0 Å². The number of anilines is 1. The van der Waals surface area contributed by atoms with E-state index >= 15 is 0 Å². The first-order chi connectivity index (χ1) is 34.3. The molecule has 0 unspecified atom stereocenters. The van der Waals surface area contributed by atoms with Crippen LogP contribution in [-0.4, -0.2) is 95.4 Å². The number of likely N-dealkylation sites (tertiary alicyclic amines) is 2. The van der Waals surface area contributed by atoms with Gasteiger partial charge in [-0.15, -0.1) is 0 Å². The summed E-state index contributed by atoms with van der Waals surface area (Å²) in [5, 5.41) is 24.6. The number of nitrogens with zero attached hydrogens (tertiary/aromatic N) is 9. The van der Waals surface area contributed by atoms with Gasteiger partial charge in [-0.3, -0.25) is 19.8 Å². The van der Waals surface area contributed by atoms with Gasteiger partial charge in [-0.05, 0) is 106 Å². The van der Waals surface area contributed by atoms with Gasteiger partial charge in [-0.1, -0.05) is 39.8 Å². The lowest BCUT2D eigenvalue weighted by molar-refractivity contribution is 0.175. The number of carbonyl (C=O) groups excluding carboxylic acids is 2. The average molecular weight is 1020 g/mol. The Labute approximate surface area is 416 Å². The number of nitrogens with one attached hydrogen (secondary N) is 2. The lowest BCUT2D eigenvalue weighted by atomic mass is 9.94. The molecule has 0 saturated carbocycles. The highest BCUT2D eigenvalue weighted by molar-refractivity contribution is 7.90. The first kappa shape index (κ1) is 53.7. The molecule has 6 aromatic rings. The quantitative estimate of drug-likeness (QED) is 0.0775. The molecule has 72 heavy (non-hydrogen) atoms. The number of nitriles is 2. The van der Waals surface area contributed by atoms with Crippen molar-refractivity contribution in [2.75, 3.05) is 31.5 Å². The van der Waals surface area contributed by atoms with Crippen LogP contribution in [0.25, 0.3) is 22.3 Å². The van der Waals surface area contributed by atoms with E-state index < -0.39 is 48.2 Å². The number of halogens is 2. The molecular weight excluding hydrogens is 967 g/mol. The number of aliphatic imine (C=N–C) groups is 1. The van der Waals surface area contributed by atoms with E-state index in [4.69, 9.17) is 10.4 Å². The number of sulfonamides is 2. The molecule has 0 spiro atoms. The molecule has 2 aliphatic heterocycles. The van der Waals surface area contributed by atoms with E-state index in [2.05, 4.69) is 35.0 Å². The van der Waals surface area contributed by atoms with Crippen LogP contribution in [-0.2, 0) is 37.9 Å². The molecule has 8 rings (SSSR count). The van der Waals surface area contributed by atoms with Gasteiger partial charge in [0.15, 0.2) is 0 Å². The predicted octanol–water partition coefficient (Wildman–Crippen LogP) is 7.02. The maximum atomic E-state index is 14.5. The number of aromatic nitrogens is 4. The third kappa shape index (κ3) is 14.2. The molecule has 2 fully saturated rings. The summed E-state index contributed by atoms with van der Waals surface area (Å²) in [5.74, 6) is -1.14. The number of pyridine rings is 4. The predicted molar refractivity (Wildman–Crippen MR) is 265 cm³/mol. The normalized spacial score (nSPS) is 13.9. The van der Waals surface area contributed by atoms with E-state index in [9.17, 15) is 40.5 Å². The highest BCUT2D eigenvalue weighted by Crippen LogP contribution is 2.39. The average Bonchev–Trinajstić information content (AvgIpc) is 3.32. The number of hydrogen-bond donors (Lipinski definition) is 3. The number of amides is 2. The molecule has 0 radical (unpaired) electrons. The maximum Gasteiger partial charge on any atom is 0.332 e. The summed E-state index contributed by atoms with van der Waals surface area (Å²) in [7, 11) is -7.29. The minimum Gasteiger partial charge on any atom is -0.306 e. The van der Waals surface area contributed by atoms with Crippen molar-refractivity contribution in [1.82, 2.24) is 34.5 Å². The van der Waals surface area contributed by atoms with Crippen molar-refractivity contribution in [1.29, 1.82) is 10.5 Å². The van der Waals surface area contributed by atoms with E-state index in [1.54, 1.807) is 36.9 Å². The number of benzene rings is 2. The minimum absolute atomic E-state index is 0.0103. The number of isocyanates is 1. The number of nitrogens with two attached hydrogens (primary N) is 1. The Kier molecular flexibility index (Phi) is 17.8. The van der Waals surface area contributed by atoms with Crippen molar-refractivity contribution < 1.29 is 35.2 Å². The molecule has 2 saturated heterocycles. The third-order valence-corrected chi connectivity index (χ3v) is 14.4. The smallest absolute Gasteiger partial charge is 0.306 e. The SMILES string of the molecule is CC(C)c1cc(F)cc(-c2ccnc(C#N)c2)c1N=C=O.CC(C)c1cc(F)cc(-c2ccnc(C#N)c2)c1NC(=O)NS(=O)(=O)C1CN(Cc2cccnc2)C1.NS(=O)(=O)C1CN(Cc2cccnc2)C1. The Balaban J connectivity index is 0.000000197. The number of rotatable bonds is 13. The van der Waals surface area contributed by atoms with Crippen molar-refractivity contribution in [2.24, 2.45) is 10.1 Å². The Morgan fingerprint density at radius 2 is 1.22 bits per heavy atom. The van der Waals surface area contributed by atoms with Gasteiger partial charge in [-0.25, -0.2) is 55.0 Å². The van der Waals surface area contributed by atoms with Gasteiger partial charge >= 0.3 is 6.03 Å². The van der Waals surface area contributed by atoms with Crippen molar-refractivity contribution in [3.63, 3.8) is 0 Å². The second-order valence-corrected chi connectivity index (χ2v) is 21.3. The van der Waals surface area contributed by atoms with Crippen molar-refractivity contribution in [2.45, 2.75) is 63.1 Å². The van der Waals surface area contributed by atoms with Gasteiger partial charge in [0.1, 0.15) is 45.7 Å². The highest BCUT2D eigenvalue weighted by atomic mass is 32.2. The maximum absolute atomic E-state index is 14.5. The molecule has 372 valence electrons. The van der Waals surface area contributed by atoms with Gasteiger partial charge in [0.25, 0.3) is 0 Å². The van der Waals surface area contributed by atoms with Crippen LogP contribution in [0.2, 0.25) is 0 Å². The molecule has 0 aliphatic carbocycles. The molecule has 4 N–H and O–H groups in total. The number of primary sulfonamides is 1. The Morgan fingerprint density at radius 3 is 1.68 bits per heavy atom. The molecule has 2 aliphatic rings. The number of hydrogen-bond acceptors (Lipinski definition) is 15. The molecule has 2 aromatic carbocycles. The highest BCUT2D eigenvalue weighted by Gasteiger charge is 2.38. The number of urea groups is 1. The summed E-state index contributed by atoms with van der Waals surface area (Å²) in [6, 6.07) is 21.9. The fourth-order valence-corrected chi connectivity index (χ4v) is 9.91. The van der Waals surface area contributed by atoms with E-state index in [1.807, 2.05) is 73.9 Å². The van der Waals surface area contributed by atoms with Crippen molar-refractivity contribution in [3.8, 4) is 34.4 Å². The van der Waals surface area contributed by atoms with Crippen LogP contribution in [0.3, 0.4) is 0 Å². The number of carbonyl (C=O) groups is 1. The van der Waals surface area contributed by atoms with Crippen molar-refractivity contribution in [3.05, 3.63) is 155 Å². The molecule has 0 bridgehead atoms. The van der Waals surface area contributed by atoms with Gasteiger partial charge < -0.3 is 5.32 Å². The van der Waals surface area contributed by atoms with E-state index in [0.29, 0.717) is 58.7 Å². The first-order valence-electron chi connectivity index (χ1n) is 22.3. The monoisotopic (exact) mass is 1020 g/mol. The first-order valence-corrected chi connectivity index (χ1v) is 25.5. The van der Waals surface area contributed by atoms with Crippen LogP contribution in [0.15, 0.2) is 115 Å². The van der Waals surface area contributed by atoms with Crippen LogP contribution >= 0.6 is 0 Å². The van der Waals surface area contributed by atoms with Gasteiger partial charge in [0.05, 0.1) is 11.4 Å². The molecule has 6 heterocycles. The van der Waals surface area contributed by atoms with Crippen LogP contribution in [0, 0.1) is 34.3 Å². The largest absolute Gasteiger partial charge is 0.332 e. The Bertz CT molecular complexity index is 3270. The second-order valence-electron chi connectivity index (χ2n) is 17.4. The van der Waals surface area contributed by atoms with Crippen LogP contribution < -0.4 is 15.2 Å². The zero-order valence-corrected chi connectivity index (χ0v) is 41.2. The fraction of sp³-hybridized carbons (Fsp3) is 0.280. The van der Waals surface area contributed by atoms with E-state index in [1.165, 1.54) is 54.9 Å². The van der Waals surface area contributed by atoms with Crippen LogP contribution in [0.5, 0.6) is 0 Å². The second kappa shape index (κ2) is 23.9. The fourth-order valence-electron chi connectivity index (χ4n) is 7.78. The summed E-state index contributed by atoms with van der Waals surface area (Å²) >= 11 is 0. The lowest BCUT2D eigenvalue weighted by Gasteiger charge is -2.38. The zero-order chi connectivity index (χ0) is 52.2. The molecule has 4 aromatic heterocycles. The third-order valence-electron chi connectivity index (χ3n) is 11.5. The Morgan fingerprint density at radius 1 is 0.736 bits per heavy atom. The molecule has 22 heteroatoms. The van der Waals surface area contributed by atoms with Crippen LogP contribution in [0.1, 0.15) is 73.2 Å². The van der Waals surface area contributed by atoms with Gasteiger partial charge in [-0.2, -0.15) is 15.5 Å². The summed E-state index contributed by atoms with van der Waals surface area (Å²) in [6.45, 7) is 10.3. The molecule has 18 nitrogen and oxygen atoms in total. The molecule has 2 amide bonds. The molecule has 0 atom stereocenters. The summed E-state index contributed by atoms with van der Waals surface area (Å²) in [4.78, 5) is 47.1. The van der Waals surface area contributed by atoms with Gasteiger partial charge in [0, 0.05) is 87.6 Å². The lowest BCUT2D eigenvalue weighted by Crippen LogP contribution is -2.58. The minimum atomic E-state index is -3.94. The summed E-state index contributed by atoms with van der Waals surface area (Å²) in [5.41, 5.74) is 5.94. The molecular formula is C50H50F2N12O6S2. The summed E-state index contributed by atoms with van der Waals surface area (Å²) < 4.78 is 78.0.